The van der Waals surface area contributed by atoms with Crippen LogP contribution in [0.2, 0.25) is 0 Å². The zero-order valence-corrected chi connectivity index (χ0v) is 18.1. The molecule has 0 aliphatic carbocycles. The molecule has 2 aromatic carbocycles. The Labute approximate surface area is 173 Å². The summed E-state index contributed by atoms with van der Waals surface area (Å²) in [6.07, 6.45) is 1.89. The number of unbranched alkanes of at least 4 members (excludes halogenated alkanes) is 1. The summed E-state index contributed by atoms with van der Waals surface area (Å²) in [5, 5.41) is 2.95. The van der Waals surface area contributed by atoms with E-state index < -0.39 is 16.1 Å². The van der Waals surface area contributed by atoms with Crippen LogP contribution in [0.5, 0.6) is 0 Å². The lowest BCUT2D eigenvalue weighted by atomic mass is 10.1. The van der Waals surface area contributed by atoms with Crippen molar-refractivity contribution in [3.8, 4) is 0 Å². The highest BCUT2D eigenvalue weighted by Crippen LogP contribution is 2.18. The number of sulfonamides is 1. The van der Waals surface area contributed by atoms with Crippen molar-refractivity contribution in [3.63, 3.8) is 0 Å². The number of rotatable bonds is 11. The smallest absolute Gasteiger partial charge is 0.240 e. The van der Waals surface area contributed by atoms with E-state index in [4.69, 9.17) is 4.74 Å². The Balaban J connectivity index is 2.08. The number of hydrogen-bond donors (Lipinski definition) is 2. The number of benzene rings is 2. The predicted octanol–water partition coefficient (Wildman–Crippen LogP) is 3.26. The summed E-state index contributed by atoms with van der Waals surface area (Å²) in [5.41, 5.74) is 2.54. The molecule has 0 bridgehead atoms. The highest BCUT2D eigenvalue weighted by Gasteiger charge is 2.21. The lowest BCUT2D eigenvalue weighted by Gasteiger charge is -2.20. The number of amides is 1. The van der Waals surface area contributed by atoms with Gasteiger partial charge in [-0.05, 0) is 43.9 Å². The molecule has 1 atom stereocenters. The van der Waals surface area contributed by atoms with Crippen LogP contribution in [0.1, 0.15) is 42.0 Å². The minimum Gasteiger partial charge on any atom is -0.385 e. The monoisotopic (exact) mass is 418 g/mol. The lowest BCUT2D eigenvalue weighted by molar-refractivity contribution is -0.122. The first kappa shape index (κ1) is 23.1. The quantitative estimate of drug-likeness (QED) is 0.549. The number of nitrogens with one attached hydrogen (secondary N) is 2. The van der Waals surface area contributed by atoms with Crippen LogP contribution in [-0.4, -0.2) is 34.6 Å². The van der Waals surface area contributed by atoms with E-state index in [0.29, 0.717) is 18.6 Å². The first-order chi connectivity index (χ1) is 13.8. The van der Waals surface area contributed by atoms with E-state index in [0.717, 1.165) is 24.0 Å². The molecule has 1 unspecified atom stereocenters. The summed E-state index contributed by atoms with van der Waals surface area (Å²) in [4.78, 5) is 12.6. The lowest BCUT2D eigenvalue weighted by Crippen LogP contribution is -2.38. The summed E-state index contributed by atoms with van der Waals surface area (Å²) >= 11 is 0. The van der Waals surface area contributed by atoms with Crippen LogP contribution in [0, 0.1) is 13.8 Å². The Bertz CT molecular complexity index is 898. The van der Waals surface area contributed by atoms with Gasteiger partial charge in [0.05, 0.1) is 10.9 Å². The third-order valence-corrected chi connectivity index (χ3v) is 6.22. The molecule has 158 valence electrons. The third kappa shape index (κ3) is 7.27. The molecule has 7 heteroatoms. The fourth-order valence-corrected chi connectivity index (χ4v) is 4.38. The van der Waals surface area contributed by atoms with Crippen molar-refractivity contribution in [1.29, 1.82) is 0 Å². The number of ether oxygens (including phenoxy) is 1. The maximum atomic E-state index is 12.8. The van der Waals surface area contributed by atoms with Gasteiger partial charge in [-0.25, -0.2) is 13.1 Å². The minimum absolute atomic E-state index is 0.0729. The number of aryl methyl sites for hydroxylation is 2. The Morgan fingerprint density at radius 2 is 1.79 bits per heavy atom. The third-order valence-electron chi connectivity index (χ3n) is 4.64. The molecule has 0 aromatic heterocycles. The molecule has 0 saturated heterocycles. The van der Waals surface area contributed by atoms with Gasteiger partial charge in [-0.2, -0.15) is 0 Å². The van der Waals surface area contributed by atoms with E-state index in [-0.39, 0.29) is 17.3 Å². The topological polar surface area (TPSA) is 84.5 Å². The average molecular weight is 419 g/mol. The van der Waals surface area contributed by atoms with Gasteiger partial charge in [0, 0.05) is 26.7 Å². The Hall–Kier alpha value is -2.22. The van der Waals surface area contributed by atoms with Crippen LogP contribution in [0.4, 0.5) is 0 Å². The van der Waals surface area contributed by atoms with Gasteiger partial charge in [-0.3, -0.25) is 4.79 Å². The molecule has 0 aliphatic rings. The highest BCUT2D eigenvalue weighted by atomic mass is 32.2. The van der Waals surface area contributed by atoms with E-state index in [9.17, 15) is 13.2 Å². The average Bonchev–Trinajstić information content (AvgIpc) is 2.69. The van der Waals surface area contributed by atoms with Crippen molar-refractivity contribution >= 4 is 15.9 Å². The van der Waals surface area contributed by atoms with Gasteiger partial charge >= 0.3 is 0 Å². The molecular weight excluding hydrogens is 388 g/mol. The van der Waals surface area contributed by atoms with Crippen LogP contribution in [0.15, 0.2) is 53.4 Å². The molecule has 2 rings (SSSR count). The van der Waals surface area contributed by atoms with Gasteiger partial charge in [0.15, 0.2) is 0 Å². The normalized spacial score (nSPS) is 12.5. The van der Waals surface area contributed by atoms with Crippen molar-refractivity contribution in [1.82, 2.24) is 10.0 Å². The summed E-state index contributed by atoms with van der Waals surface area (Å²) < 4.78 is 33.2. The Kier molecular flexibility index (Phi) is 8.82. The number of carbonyl (C=O) groups excluding carboxylic acids is 1. The minimum atomic E-state index is -3.69. The first-order valence-corrected chi connectivity index (χ1v) is 11.2. The second-order valence-corrected chi connectivity index (χ2v) is 8.84. The molecule has 0 radical (unpaired) electrons. The largest absolute Gasteiger partial charge is 0.385 e. The standard InChI is InChI=1S/C22H30N2O4S/c1-17-12-13-21(18(2)15-17)29(26,27)23-16-20(19-9-5-4-6-10-19)24-22(25)11-7-8-14-28-3/h4-6,9-10,12-13,15,20,23H,7-8,11,14,16H2,1-3H3,(H,24,25). The Morgan fingerprint density at radius 3 is 2.45 bits per heavy atom. The first-order valence-electron chi connectivity index (χ1n) is 9.73. The van der Waals surface area contributed by atoms with Crippen LogP contribution in [-0.2, 0) is 19.6 Å². The maximum Gasteiger partial charge on any atom is 0.240 e. The van der Waals surface area contributed by atoms with E-state index in [2.05, 4.69) is 10.0 Å². The van der Waals surface area contributed by atoms with Crippen LogP contribution < -0.4 is 10.0 Å². The molecule has 0 heterocycles. The number of hydrogen-bond acceptors (Lipinski definition) is 4. The van der Waals surface area contributed by atoms with Crippen molar-refractivity contribution in [3.05, 3.63) is 65.2 Å². The van der Waals surface area contributed by atoms with Crippen molar-refractivity contribution in [2.24, 2.45) is 0 Å². The summed E-state index contributed by atoms with van der Waals surface area (Å²) in [6.45, 7) is 4.39. The van der Waals surface area contributed by atoms with E-state index >= 15 is 0 Å². The molecule has 29 heavy (non-hydrogen) atoms. The number of carbonyl (C=O) groups is 1. The van der Waals surface area contributed by atoms with Crippen LogP contribution in [0.25, 0.3) is 0 Å². The fourth-order valence-electron chi connectivity index (χ4n) is 3.11. The second-order valence-electron chi connectivity index (χ2n) is 7.10. The van der Waals surface area contributed by atoms with E-state index in [1.165, 1.54) is 0 Å². The van der Waals surface area contributed by atoms with E-state index in [1.54, 1.807) is 26.2 Å². The summed E-state index contributed by atoms with van der Waals surface area (Å²) in [6, 6.07) is 14.1. The van der Waals surface area contributed by atoms with Crippen LogP contribution in [0.3, 0.4) is 0 Å². The van der Waals surface area contributed by atoms with Crippen LogP contribution >= 0.6 is 0 Å². The zero-order chi connectivity index (χ0) is 21.3. The van der Waals surface area contributed by atoms with Gasteiger partial charge in [-0.15, -0.1) is 0 Å². The van der Waals surface area contributed by atoms with Crippen molar-refractivity contribution in [2.75, 3.05) is 20.3 Å². The molecule has 6 nitrogen and oxygen atoms in total. The maximum absolute atomic E-state index is 12.8. The fraction of sp³-hybridized carbons (Fsp3) is 0.409. The Morgan fingerprint density at radius 1 is 1.07 bits per heavy atom. The van der Waals surface area contributed by atoms with Gasteiger partial charge in [0.25, 0.3) is 0 Å². The van der Waals surface area contributed by atoms with Gasteiger partial charge in [-0.1, -0.05) is 48.0 Å². The molecule has 2 N–H and O–H groups in total. The molecule has 0 fully saturated rings. The number of methoxy groups -OCH3 is 1. The second kappa shape index (κ2) is 11.1. The SMILES string of the molecule is COCCCCC(=O)NC(CNS(=O)(=O)c1ccc(C)cc1C)c1ccccc1. The highest BCUT2D eigenvalue weighted by molar-refractivity contribution is 7.89. The summed E-state index contributed by atoms with van der Waals surface area (Å²) in [5.74, 6) is -0.110. The molecule has 0 saturated carbocycles. The van der Waals surface area contributed by atoms with Crippen molar-refractivity contribution < 1.29 is 17.9 Å². The zero-order valence-electron chi connectivity index (χ0n) is 17.3. The predicted molar refractivity (Wildman–Crippen MR) is 114 cm³/mol. The van der Waals surface area contributed by atoms with E-state index in [1.807, 2.05) is 43.3 Å². The van der Waals surface area contributed by atoms with Gasteiger partial charge in [0.2, 0.25) is 15.9 Å². The molecule has 1 amide bonds. The van der Waals surface area contributed by atoms with Gasteiger partial charge < -0.3 is 10.1 Å². The molecular formula is C22H30N2O4S. The molecule has 0 aliphatic heterocycles. The molecule has 2 aromatic rings. The van der Waals surface area contributed by atoms with Gasteiger partial charge in [0.1, 0.15) is 0 Å². The molecule has 0 spiro atoms. The van der Waals surface area contributed by atoms with Crippen molar-refractivity contribution in [2.45, 2.75) is 44.0 Å². The summed E-state index contributed by atoms with van der Waals surface area (Å²) in [7, 11) is -2.06.